The van der Waals surface area contributed by atoms with Crippen LogP contribution in [0.1, 0.15) is 16.1 Å². The zero-order valence-electron chi connectivity index (χ0n) is 15.6. The minimum atomic E-state index is -0.130. The third-order valence-electron chi connectivity index (χ3n) is 4.64. The van der Waals surface area contributed by atoms with Gasteiger partial charge in [-0.25, -0.2) is 0 Å². The van der Waals surface area contributed by atoms with Crippen LogP contribution in [-0.4, -0.2) is 12.4 Å². The van der Waals surface area contributed by atoms with Crippen LogP contribution in [0.5, 0.6) is 5.75 Å². The average molecular weight is 449 g/mol. The molecule has 0 atom stereocenters. The summed E-state index contributed by atoms with van der Waals surface area (Å²) in [5, 5.41) is 0.473. The molecular formula is C24H17BrO4. The highest BCUT2D eigenvalue weighted by molar-refractivity contribution is 9.10. The van der Waals surface area contributed by atoms with Crippen LogP contribution in [0.4, 0.5) is 0 Å². The zero-order chi connectivity index (χ0) is 20.4. The van der Waals surface area contributed by atoms with Crippen LogP contribution in [0, 0.1) is 6.92 Å². The summed E-state index contributed by atoms with van der Waals surface area (Å²) in [7, 11) is 0. The number of hydrogen-bond donors (Lipinski definition) is 0. The van der Waals surface area contributed by atoms with Crippen molar-refractivity contribution < 1.29 is 13.9 Å². The van der Waals surface area contributed by atoms with E-state index in [1.807, 2.05) is 42.5 Å². The van der Waals surface area contributed by atoms with Crippen LogP contribution in [-0.2, 0) is 0 Å². The molecule has 0 radical (unpaired) electrons. The Bertz CT molecular complexity index is 1240. The van der Waals surface area contributed by atoms with E-state index in [9.17, 15) is 9.59 Å². The third kappa shape index (κ3) is 4.00. The van der Waals surface area contributed by atoms with Crippen LogP contribution in [0.15, 0.2) is 86.5 Å². The molecule has 5 heteroatoms. The minimum Gasteiger partial charge on any atom is -0.485 e. The van der Waals surface area contributed by atoms with Gasteiger partial charge in [0.15, 0.2) is 12.4 Å². The number of aryl methyl sites for hydroxylation is 1. The van der Waals surface area contributed by atoms with E-state index in [0.717, 1.165) is 10.0 Å². The van der Waals surface area contributed by atoms with Crippen molar-refractivity contribution in [1.29, 1.82) is 0 Å². The van der Waals surface area contributed by atoms with E-state index in [0.29, 0.717) is 33.6 Å². The van der Waals surface area contributed by atoms with Crippen molar-refractivity contribution in [3.8, 4) is 16.9 Å². The Morgan fingerprint density at radius 2 is 1.72 bits per heavy atom. The number of fused-ring (bicyclic) bond motifs is 1. The fourth-order valence-electron chi connectivity index (χ4n) is 3.18. The lowest BCUT2D eigenvalue weighted by atomic mass is 10.0. The second-order valence-electron chi connectivity index (χ2n) is 6.61. The molecule has 0 aliphatic carbocycles. The van der Waals surface area contributed by atoms with Gasteiger partial charge in [0.05, 0.1) is 10.9 Å². The summed E-state index contributed by atoms with van der Waals surface area (Å²) in [5.74, 6) is 0.879. The summed E-state index contributed by atoms with van der Waals surface area (Å²) in [5.41, 5.74) is 2.29. The SMILES string of the molecule is Cc1oc2cc(OCC(=O)c3ccc(Br)cc3)ccc2c(=O)c1-c1ccccc1. The quantitative estimate of drug-likeness (QED) is 0.362. The molecule has 0 fully saturated rings. The molecule has 0 aliphatic heterocycles. The summed E-state index contributed by atoms with van der Waals surface area (Å²) >= 11 is 3.35. The first-order chi connectivity index (χ1) is 14.0. The number of hydrogen-bond acceptors (Lipinski definition) is 4. The Morgan fingerprint density at radius 3 is 2.45 bits per heavy atom. The van der Waals surface area contributed by atoms with Crippen molar-refractivity contribution in [2.24, 2.45) is 0 Å². The van der Waals surface area contributed by atoms with Crippen molar-refractivity contribution in [3.63, 3.8) is 0 Å². The maximum atomic E-state index is 13.0. The first-order valence-corrected chi connectivity index (χ1v) is 9.86. The van der Waals surface area contributed by atoms with E-state index in [1.165, 1.54) is 0 Å². The van der Waals surface area contributed by atoms with Gasteiger partial charge in [-0.15, -0.1) is 0 Å². The Balaban J connectivity index is 1.61. The largest absolute Gasteiger partial charge is 0.485 e. The summed E-state index contributed by atoms with van der Waals surface area (Å²) in [6.45, 7) is 1.67. The van der Waals surface area contributed by atoms with Crippen molar-refractivity contribution >= 4 is 32.7 Å². The number of carbonyl (C=O) groups excluding carboxylic acids is 1. The fraction of sp³-hybridized carbons (Fsp3) is 0.0833. The normalized spacial score (nSPS) is 10.8. The molecule has 0 saturated heterocycles. The number of carbonyl (C=O) groups is 1. The molecule has 0 unspecified atom stereocenters. The van der Waals surface area contributed by atoms with Gasteiger partial charge in [0.25, 0.3) is 0 Å². The molecule has 0 N–H and O–H groups in total. The summed E-state index contributed by atoms with van der Waals surface area (Å²) < 4.78 is 12.4. The Hall–Kier alpha value is -3.18. The molecule has 4 rings (SSSR count). The maximum Gasteiger partial charge on any atom is 0.200 e. The van der Waals surface area contributed by atoms with E-state index < -0.39 is 0 Å². The highest BCUT2D eigenvalue weighted by atomic mass is 79.9. The van der Waals surface area contributed by atoms with E-state index >= 15 is 0 Å². The number of benzene rings is 3. The van der Waals surface area contributed by atoms with Crippen LogP contribution in [0.2, 0.25) is 0 Å². The third-order valence-corrected chi connectivity index (χ3v) is 5.17. The van der Waals surface area contributed by atoms with Gasteiger partial charge >= 0.3 is 0 Å². The molecule has 4 nitrogen and oxygen atoms in total. The van der Waals surface area contributed by atoms with E-state index in [4.69, 9.17) is 9.15 Å². The molecule has 0 bridgehead atoms. The van der Waals surface area contributed by atoms with Crippen LogP contribution < -0.4 is 10.2 Å². The fourth-order valence-corrected chi connectivity index (χ4v) is 3.45. The molecule has 0 aliphatic rings. The Kier molecular flexibility index (Phi) is 5.32. The molecule has 1 aromatic heterocycles. The van der Waals surface area contributed by atoms with E-state index in [1.54, 1.807) is 37.3 Å². The number of ketones is 1. The molecule has 3 aromatic carbocycles. The first kappa shape index (κ1) is 19.2. The van der Waals surface area contributed by atoms with Crippen LogP contribution >= 0.6 is 15.9 Å². The van der Waals surface area contributed by atoms with Gasteiger partial charge in [-0.1, -0.05) is 58.4 Å². The molecular weight excluding hydrogens is 432 g/mol. The van der Waals surface area contributed by atoms with Crippen molar-refractivity contribution in [2.45, 2.75) is 6.92 Å². The highest BCUT2D eigenvalue weighted by Gasteiger charge is 2.14. The lowest BCUT2D eigenvalue weighted by molar-refractivity contribution is 0.0921. The number of halogens is 1. The predicted octanol–water partition coefficient (Wildman–Crippen LogP) is 5.79. The van der Waals surface area contributed by atoms with Gasteiger partial charge in [0.1, 0.15) is 17.1 Å². The maximum absolute atomic E-state index is 13.0. The van der Waals surface area contributed by atoms with E-state index in [-0.39, 0.29) is 17.8 Å². The second-order valence-corrected chi connectivity index (χ2v) is 7.52. The lowest BCUT2D eigenvalue weighted by Crippen LogP contribution is -2.12. The summed E-state index contributed by atoms with van der Waals surface area (Å²) in [6.07, 6.45) is 0. The standard InChI is InChI=1S/C24H17BrO4/c1-15-23(17-5-3-2-4-6-17)24(27)20-12-11-19(13-22(20)29-15)28-14-21(26)16-7-9-18(25)10-8-16/h2-13H,14H2,1H3. The highest BCUT2D eigenvalue weighted by Crippen LogP contribution is 2.26. The summed E-state index contributed by atoms with van der Waals surface area (Å²) in [4.78, 5) is 25.3. The molecule has 0 spiro atoms. The van der Waals surface area contributed by atoms with Gasteiger partial charge in [-0.3, -0.25) is 9.59 Å². The molecule has 0 amide bonds. The Labute approximate surface area is 175 Å². The van der Waals surface area contributed by atoms with Gasteiger partial charge in [-0.05, 0) is 36.8 Å². The predicted molar refractivity (Wildman–Crippen MR) is 117 cm³/mol. The average Bonchev–Trinajstić information content (AvgIpc) is 2.73. The molecule has 1 heterocycles. The minimum absolute atomic E-state index is 0.0903. The number of ether oxygens (including phenoxy) is 1. The van der Waals surface area contributed by atoms with Crippen molar-refractivity contribution in [1.82, 2.24) is 0 Å². The molecule has 144 valence electrons. The topological polar surface area (TPSA) is 56.5 Å². The summed E-state index contributed by atoms with van der Waals surface area (Å²) in [6, 6.07) is 21.5. The lowest BCUT2D eigenvalue weighted by Gasteiger charge is -2.09. The molecule has 29 heavy (non-hydrogen) atoms. The van der Waals surface area contributed by atoms with Crippen LogP contribution in [0.3, 0.4) is 0 Å². The van der Waals surface area contributed by atoms with Crippen molar-refractivity contribution in [2.75, 3.05) is 6.61 Å². The Morgan fingerprint density at radius 1 is 1.00 bits per heavy atom. The van der Waals surface area contributed by atoms with Crippen molar-refractivity contribution in [3.05, 3.63) is 98.8 Å². The van der Waals surface area contributed by atoms with Gasteiger partial charge in [0, 0.05) is 16.1 Å². The van der Waals surface area contributed by atoms with Gasteiger partial charge in [0.2, 0.25) is 5.43 Å². The molecule has 0 saturated carbocycles. The van der Waals surface area contributed by atoms with Crippen LogP contribution in [0.25, 0.3) is 22.1 Å². The first-order valence-electron chi connectivity index (χ1n) is 9.07. The monoisotopic (exact) mass is 448 g/mol. The van der Waals surface area contributed by atoms with Gasteiger partial charge < -0.3 is 9.15 Å². The smallest absolute Gasteiger partial charge is 0.200 e. The zero-order valence-corrected chi connectivity index (χ0v) is 17.2. The second kappa shape index (κ2) is 8.05. The van der Waals surface area contributed by atoms with Gasteiger partial charge in [-0.2, -0.15) is 0 Å². The number of Topliss-reactive ketones (excluding diaryl/α,β-unsaturated/α-hetero) is 1. The number of rotatable bonds is 5. The molecule has 4 aromatic rings. The van der Waals surface area contributed by atoms with E-state index in [2.05, 4.69) is 15.9 Å².